The molecular formula is C12H13NO5. The largest absolute Gasteiger partial charge is 0.496 e. The van der Waals surface area contributed by atoms with Crippen molar-refractivity contribution in [3.63, 3.8) is 0 Å². The average molecular weight is 251 g/mol. The molecule has 96 valence electrons. The molecule has 0 aromatic heterocycles. The van der Waals surface area contributed by atoms with Gasteiger partial charge in [-0.3, -0.25) is 4.79 Å². The lowest BCUT2D eigenvalue weighted by Crippen LogP contribution is -2.17. The first-order chi connectivity index (χ1) is 8.58. The van der Waals surface area contributed by atoms with Crippen LogP contribution in [0.1, 0.15) is 22.0 Å². The van der Waals surface area contributed by atoms with Crippen LogP contribution in [-0.2, 0) is 0 Å². The number of aldehydes is 1. The van der Waals surface area contributed by atoms with Gasteiger partial charge in [0.05, 0.1) is 25.9 Å². The molecule has 0 saturated carbocycles. The predicted molar refractivity (Wildman–Crippen MR) is 61.5 cm³/mol. The second-order valence-electron chi connectivity index (χ2n) is 3.48. The van der Waals surface area contributed by atoms with E-state index in [-0.39, 0.29) is 17.1 Å². The summed E-state index contributed by atoms with van der Waals surface area (Å²) in [7, 11) is 2.69. The molecule has 0 radical (unpaired) electrons. The third-order valence-electron chi connectivity index (χ3n) is 2.43. The number of benzene rings is 1. The lowest BCUT2D eigenvalue weighted by Gasteiger charge is -2.19. The second-order valence-corrected chi connectivity index (χ2v) is 3.48. The van der Waals surface area contributed by atoms with Crippen molar-refractivity contribution in [1.29, 1.82) is 5.26 Å². The number of nitrogens with zero attached hydrogens (tertiary/aromatic N) is 1. The first-order valence-electron chi connectivity index (χ1n) is 5.05. The topological polar surface area (TPSA) is 99.8 Å². The maximum atomic E-state index is 10.7. The van der Waals surface area contributed by atoms with Gasteiger partial charge < -0.3 is 19.7 Å². The van der Waals surface area contributed by atoms with Gasteiger partial charge in [-0.2, -0.15) is 5.26 Å². The van der Waals surface area contributed by atoms with Crippen molar-refractivity contribution < 1.29 is 24.5 Å². The zero-order valence-corrected chi connectivity index (χ0v) is 9.95. The van der Waals surface area contributed by atoms with E-state index in [0.717, 1.165) is 0 Å². The van der Waals surface area contributed by atoms with Crippen LogP contribution in [0.25, 0.3) is 0 Å². The molecule has 2 N–H and O–H groups in total. The third kappa shape index (κ3) is 2.59. The number of hydrogen-bond acceptors (Lipinski definition) is 6. The summed E-state index contributed by atoms with van der Waals surface area (Å²) in [4.78, 5) is 10.7. The highest BCUT2D eigenvalue weighted by Gasteiger charge is 2.26. The molecule has 0 heterocycles. The smallest absolute Gasteiger partial charge is 0.170 e. The van der Waals surface area contributed by atoms with Gasteiger partial charge in [-0.05, 0) is 12.1 Å². The van der Waals surface area contributed by atoms with Crippen LogP contribution in [0.5, 0.6) is 11.5 Å². The Balaban J connectivity index is 3.40. The summed E-state index contributed by atoms with van der Waals surface area (Å²) in [6.07, 6.45) is -2.50. The van der Waals surface area contributed by atoms with Gasteiger partial charge in [0.2, 0.25) is 0 Å². The molecule has 0 spiro atoms. The van der Waals surface area contributed by atoms with Crippen molar-refractivity contribution >= 4 is 6.29 Å². The maximum Gasteiger partial charge on any atom is 0.170 e. The average Bonchev–Trinajstić information content (AvgIpc) is 2.43. The van der Waals surface area contributed by atoms with E-state index in [1.807, 2.05) is 0 Å². The Hall–Kier alpha value is -2.10. The number of ether oxygens (including phenoxy) is 2. The third-order valence-corrected chi connectivity index (χ3v) is 2.43. The highest BCUT2D eigenvalue weighted by atomic mass is 16.5. The Morgan fingerprint density at radius 1 is 1.28 bits per heavy atom. The first-order valence-corrected chi connectivity index (χ1v) is 5.05. The molecule has 0 fully saturated rings. The summed E-state index contributed by atoms with van der Waals surface area (Å²) in [5.41, 5.74) is 0.422. The zero-order chi connectivity index (χ0) is 13.7. The van der Waals surface area contributed by atoms with E-state index in [9.17, 15) is 15.0 Å². The summed E-state index contributed by atoms with van der Waals surface area (Å²) in [6, 6.07) is 4.29. The van der Waals surface area contributed by atoms with E-state index in [4.69, 9.17) is 14.7 Å². The molecule has 0 amide bonds. The Morgan fingerprint density at radius 2 is 1.78 bits per heavy atom. The van der Waals surface area contributed by atoms with E-state index in [0.29, 0.717) is 11.8 Å². The minimum Gasteiger partial charge on any atom is -0.496 e. The molecule has 18 heavy (non-hydrogen) atoms. The fourth-order valence-corrected chi connectivity index (χ4v) is 1.55. The Bertz CT molecular complexity index is 455. The van der Waals surface area contributed by atoms with Gasteiger partial charge in [-0.1, -0.05) is 0 Å². The number of aliphatic hydroxyl groups excluding tert-OH is 2. The van der Waals surface area contributed by atoms with Crippen LogP contribution in [-0.4, -0.2) is 36.8 Å². The van der Waals surface area contributed by atoms with E-state index < -0.39 is 12.2 Å². The summed E-state index contributed by atoms with van der Waals surface area (Å²) in [5.74, 6) is 0.330. The van der Waals surface area contributed by atoms with Crippen molar-refractivity contribution in [1.82, 2.24) is 0 Å². The van der Waals surface area contributed by atoms with Crippen LogP contribution >= 0.6 is 0 Å². The van der Waals surface area contributed by atoms with Crippen LogP contribution in [0, 0.1) is 11.3 Å². The van der Waals surface area contributed by atoms with Crippen LogP contribution < -0.4 is 9.47 Å². The zero-order valence-electron chi connectivity index (χ0n) is 9.95. The lowest BCUT2D eigenvalue weighted by atomic mass is 10.0. The standard InChI is InChI=1S/C12H13NO5/c1-17-9-3-7(6-14)4-10(18-2)11(9)12(16)8(15)5-13/h3-4,6,8,12,15-16H,1-2H3. The molecule has 0 saturated heterocycles. The molecule has 6 nitrogen and oxygen atoms in total. The van der Waals surface area contributed by atoms with Gasteiger partial charge >= 0.3 is 0 Å². The molecule has 1 aromatic carbocycles. The quantitative estimate of drug-likeness (QED) is 0.581. The van der Waals surface area contributed by atoms with Gasteiger partial charge in [-0.25, -0.2) is 0 Å². The molecule has 0 bridgehead atoms. The number of carbonyl (C=O) groups is 1. The lowest BCUT2D eigenvalue weighted by molar-refractivity contribution is 0.0492. The van der Waals surface area contributed by atoms with Crippen LogP contribution in [0.2, 0.25) is 0 Å². The Labute approximate surface area is 104 Å². The molecule has 2 atom stereocenters. The van der Waals surface area contributed by atoms with E-state index in [1.165, 1.54) is 32.4 Å². The molecule has 1 aromatic rings. The van der Waals surface area contributed by atoms with E-state index in [2.05, 4.69) is 0 Å². The number of nitriles is 1. The van der Waals surface area contributed by atoms with Crippen molar-refractivity contribution in [3.05, 3.63) is 23.3 Å². The van der Waals surface area contributed by atoms with Gasteiger partial charge in [-0.15, -0.1) is 0 Å². The van der Waals surface area contributed by atoms with Crippen LogP contribution in [0.15, 0.2) is 12.1 Å². The van der Waals surface area contributed by atoms with Crippen LogP contribution in [0.3, 0.4) is 0 Å². The highest BCUT2D eigenvalue weighted by Crippen LogP contribution is 2.36. The Kier molecular flexibility index (Phi) is 4.66. The summed E-state index contributed by atoms with van der Waals surface area (Å²) in [5, 5.41) is 27.8. The number of methoxy groups -OCH3 is 2. The molecular weight excluding hydrogens is 238 g/mol. The second kappa shape index (κ2) is 6.00. The van der Waals surface area contributed by atoms with Gasteiger partial charge in [0.1, 0.15) is 23.9 Å². The number of carbonyl (C=O) groups excluding carboxylic acids is 1. The summed E-state index contributed by atoms with van der Waals surface area (Å²) >= 11 is 0. The number of hydrogen-bond donors (Lipinski definition) is 2. The fourth-order valence-electron chi connectivity index (χ4n) is 1.55. The molecule has 0 aliphatic heterocycles. The molecule has 0 aliphatic rings. The Morgan fingerprint density at radius 3 is 2.11 bits per heavy atom. The highest BCUT2D eigenvalue weighted by molar-refractivity contribution is 5.77. The van der Waals surface area contributed by atoms with Crippen molar-refractivity contribution in [2.45, 2.75) is 12.2 Å². The molecule has 1 rings (SSSR count). The minimum atomic E-state index is -1.62. The number of rotatable bonds is 5. The monoisotopic (exact) mass is 251 g/mol. The van der Waals surface area contributed by atoms with Crippen molar-refractivity contribution in [2.75, 3.05) is 14.2 Å². The van der Waals surface area contributed by atoms with Gasteiger partial charge in [0.25, 0.3) is 0 Å². The van der Waals surface area contributed by atoms with E-state index >= 15 is 0 Å². The molecule has 2 unspecified atom stereocenters. The maximum absolute atomic E-state index is 10.7. The minimum absolute atomic E-state index is 0.125. The van der Waals surface area contributed by atoms with Crippen molar-refractivity contribution in [2.24, 2.45) is 0 Å². The van der Waals surface area contributed by atoms with Gasteiger partial charge in [0.15, 0.2) is 6.10 Å². The molecule has 6 heteroatoms. The van der Waals surface area contributed by atoms with E-state index in [1.54, 1.807) is 0 Å². The number of aliphatic hydroxyl groups is 2. The summed E-state index contributed by atoms with van der Waals surface area (Å²) < 4.78 is 10.1. The van der Waals surface area contributed by atoms with Crippen LogP contribution in [0.4, 0.5) is 0 Å². The van der Waals surface area contributed by atoms with Gasteiger partial charge in [0, 0.05) is 5.56 Å². The predicted octanol–water partition coefficient (Wildman–Crippen LogP) is 0.434. The first kappa shape index (κ1) is 14.0. The SMILES string of the molecule is COc1cc(C=O)cc(OC)c1C(O)C(O)C#N. The van der Waals surface area contributed by atoms with Crippen molar-refractivity contribution in [3.8, 4) is 17.6 Å². The normalized spacial score (nSPS) is 13.3. The molecule has 0 aliphatic carbocycles. The summed E-state index contributed by atoms with van der Waals surface area (Å²) in [6.45, 7) is 0. The fraction of sp³-hybridized carbons (Fsp3) is 0.333.